The highest BCUT2D eigenvalue weighted by Gasteiger charge is 2.23. The molecule has 16 heavy (non-hydrogen) atoms. The van der Waals surface area contributed by atoms with Crippen molar-refractivity contribution in [3.8, 4) is 0 Å². The fraction of sp³-hybridized carbons (Fsp3) is 0.600. The molecule has 1 unspecified atom stereocenters. The zero-order valence-corrected chi connectivity index (χ0v) is 10.9. The summed E-state index contributed by atoms with van der Waals surface area (Å²) in [6, 6.07) is 10.6. The van der Waals surface area contributed by atoms with Crippen molar-refractivity contribution in [3.63, 3.8) is 0 Å². The molecule has 0 bridgehead atoms. The summed E-state index contributed by atoms with van der Waals surface area (Å²) in [4.78, 5) is 0. The third kappa shape index (κ3) is 4.36. The van der Waals surface area contributed by atoms with Gasteiger partial charge in [0.1, 0.15) is 0 Å². The van der Waals surface area contributed by atoms with Crippen LogP contribution in [0.1, 0.15) is 45.6 Å². The molecule has 0 saturated carbocycles. The summed E-state index contributed by atoms with van der Waals surface area (Å²) in [5, 5.41) is 0. The van der Waals surface area contributed by atoms with Gasteiger partial charge in [-0.15, -0.1) is 0 Å². The molecule has 1 heteroatoms. The molecule has 1 aromatic carbocycles. The number of aryl methyl sites for hydroxylation is 1. The van der Waals surface area contributed by atoms with Gasteiger partial charge in [-0.2, -0.15) is 0 Å². The van der Waals surface area contributed by atoms with Crippen LogP contribution in [0.25, 0.3) is 0 Å². The number of nitrogens with two attached hydrogens (primary N) is 1. The maximum absolute atomic E-state index is 6.45. The van der Waals surface area contributed by atoms with Gasteiger partial charge in [-0.1, -0.05) is 51.1 Å². The van der Waals surface area contributed by atoms with E-state index in [-0.39, 0.29) is 5.54 Å². The van der Waals surface area contributed by atoms with E-state index < -0.39 is 0 Å². The second-order valence-corrected chi connectivity index (χ2v) is 5.30. The van der Waals surface area contributed by atoms with Gasteiger partial charge >= 0.3 is 0 Å². The SMILES string of the molecule is CCC(N)(CCc1ccccc1)CC(C)C. The molecule has 0 aromatic heterocycles. The molecule has 0 spiro atoms. The summed E-state index contributed by atoms with van der Waals surface area (Å²) in [6.07, 6.45) is 4.37. The summed E-state index contributed by atoms with van der Waals surface area (Å²) < 4.78 is 0. The highest BCUT2D eigenvalue weighted by molar-refractivity contribution is 5.15. The fourth-order valence-electron chi connectivity index (χ4n) is 2.27. The lowest BCUT2D eigenvalue weighted by Gasteiger charge is -2.30. The van der Waals surface area contributed by atoms with Gasteiger partial charge in [0.15, 0.2) is 0 Å². The van der Waals surface area contributed by atoms with Crippen LogP contribution in [0, 0.1) is 5.92 Å². The molecule has 0 aliphatic heterocycles. The van der Waals surface area contributed by atoms with Crippen LogP contribution < -0.4 is 5.73 Å². The predicted molar refractivity (Wildman–Crippen MR) is 71.4 cm³/mol. The molecular formula is C15H25N. The van der Waals surface area contributed by atoms with E-state index in [1.165, 1.54) is 5.56 Å². The second kappa shape index (κ2) is 6.05. The lowest BCUT2D eigenvalue weighted by molar-refractivity contribution is 0.309. The van der Waals surface area contributed by atoms with Gasteiger partial charge in [0.2, 0.25) is 0 Å². The topological polar surface area (TPSA) is 26.0 Å². The Bertz CT molecular complexity index is 292. The van der Waals surface area contributed by atoms with Gasteiger partial charge in [0, 0.05) is 5.54 Å². The normalized spacial score (nSPS) is 15.1. The van der Waals surface area contributed by atoms with Crippen LogP contribution in [-0.2, 0) is 6.42 Å². The quantitative estimate of drug-likeness (QED) is 0.774. The van der Waals surface area contributed by atoms with Crippen LogP contribution in [0.2, 0.25) is 0 Å². The monoisotopic (exact) mass is 219 g/mol. The Morgan fingerprint density at radius 3 is 2.31 bits per heavy atom. The van der Waals surface area contributed by atoms with Crippen LogP contribution in [0.5, 0.6) is 0 Å². The number of benzene rings is 1. The lowest BCUT2D eigenvalue weighted by Crippen LogP contribution is -2.40. The lowest BCUT2D eigenvalue weighted by atomic mass is 9.82. The second-order valence-electron chi connectivity index (χ2n) is 5.30. The zero-order valence-electron chi connectivity index (χ0n) is 10.9. The van der Waals surface area contributed by atoms with Crippen molar-refractivity contribution in [1.29, 1.82) is 0 Å². The first-order valence-electron chi connectivity index (χ1n) is 6.38. The van der Waals surface area contributed by atoms with Crippen LogP contribution in [-0.4, -0.2) is 5.54 Å². The summed E-state index contributed by atoms with van der Waals surface area (Å²) in [5.41, 5.74) is 7.86. The molecule has 1 atom stereocenters. The van der Waals surface area contributed by atoms with Crippen molar-refractivity contribution in [2.24, 2.45) is 11.7 Å². The maximum atomic E-state index is 6.45. The molecule has 0 aliphatic rings. The zero-order chi connectivity index (χ0) is 12.0. The average molecular weight is 219 g/mol. The summed E-state index contributed by atoms with van der Waals surface area (Å²) in [6.45, 7) is 6.70. The van der Waals surface area contributed by atoms with Gasteiger partial charge in [0.05, 0.1) is 0 Å². The molecule has 90 valence electrons. The molecule has 1 rings (SSSR count). The third-order valence-electron chi connectivity index (χ3n) is 3.27. The van der Waals surface area contributed by atoms with Crippen molar-refractivity contribution >= 4 is 0 Å². The van der Waals surface area contributed by atoms with Gasteiger partial charge in [-0.05, 0) is 37.2 Å². The first-order valence-corrected chi connectivity index (χ1v) is 6.38. The third-order valence-corrected chi connectivity index (χ3v) is 3.27. The average Bonchev–Trinajstić information content (AvgIpc) is 2.27. The van der Waals surface area contributed by atoms with Crippen LogP contribution in [0.15, 0.2) is 30.3 Å². The van der Waals surface area contributed by atoms with E-state index in [0.717, 1.165) is 25.7 Å². The van der Waals surface area contributed by atoms with Crippen molar-refractivity contribution in [3.05, 3.63) is 35.9 Å². The molecule has 1 nitrogen and oxygen atoms in total. The van der Waals surface area contributed by atoms with Crippen LogP contribution in [0.3, 0.4) is 0 Å². The van der Waals surface area contributed by atoms with E-state index in [1.54, 1.807) is 0 Å². The number of hydrogen-bond donors (Lipinski definition) is 1. The predicted octanol–water partition coefficient (Wildman–Crippen LogP) is 3.77. The van der Waals surface area contributed by atoms with E-state index in [9.17, 15) is 0 Å². The van der Waals surface area contributed by atoms with Crippen molar-refractivity contribution in [2.75, 3.05) is 0 Å². The first kappa shape index (κ1) is 13.2. The minimum absolute atomic E-state index is 0.0179. The largest absolute Gasteiger partial charge is 0.325 e. The molecule has 0 heterocycles. The highest BCUT2D eigenvalue weighted by Crippen LogP contribution is 2.23. The van der Waals surface area contributed by atoms with Crippen molar-refractivity contribution in [2.45, 2.75) is 52.0 Å². The summed E-state index contributed by atoms with van der Waals surface area (Å²) in [7, 11) is 0. The standard InChI is InChI=1S/C15H25N/c1-4-15(16,12-13(2)3)11-10-14-8-6-5-7-9-14/h5-9,13H,4,10-12,16H2,1-3H3. The maximum Gasteiger partial charge on any atom is 0.0157 e. The highest BCUT2D eigenvalue weighted by atomic mass is 14.7. The Hall–Kier alpha value is -0.820. The minimum atomic E-state index is 0.0179. The first-order chi connectivity index (χ1) is 7.56. The molecule has 0 saturated heterocycles. The van der Waals surface area contributed by atoms with Crippen LogP contribution in [0.4, 0.5) is 0 Å². The Morgan fingerprint density at radius 2 is 1.81 bits per heavy atom. The molecule has 0 radical (unpaired) electrons. The van der Waals surface area contributed by atoms with E-state index in [4.69, 9.17) is 5.73 Å². The number of hydrogen-bond acceptors (Lipinski definition) is 1. The minimum Gasteiger partial charge on any atom is -0.325 e. The van der Waals surface area contributed by atoms with Gasteiger partial charge in [-0.25, -0.2) is 0 Å². The molecule has 2 N–H and O–H groups in total. The Morgan fingerprint density at radius 1 is 1.19 bits per heavy atom. The Kier molecular flexibility index (Phi) is 5.01. The van der Waals surface area contributed by atoms with Crippen LogP contribution >= 0.6 is 0 Å². The van der Waals surface area contributed by atoms with Gasteiger partial charge < -0.3 is 5.73 Å². The van der Waals surface area contributed by atoms with Crippen molar-refractivity contribution in [1.82, 2.24) is 0 Å². The summed E-state index contributed by atoms with van der Waals surface area (Å²) in [5.74, 6) is 0.681. The Labute approximate surface area is 100 Å². The van der Waals surface area contributed by atoms with E-state index >= 15 is 0 Å². The molecule has 0 aliphatic carbocycles. The fourth-order valence-corrected chi connectivity index (χ4v) is 2.27. The molecular weight excluding hydrogens is 194 g/mol. The molecule has 0 amide bonds. The van der Waals surface area contributed by atoms with E-state index in [2.05, 4.69) is 51.1 Å². The Balaban J connectivity index is 2.51. The van der Waals surface area contributed by atoms with Gasteiger partial charge in [0.25, 0.3) is 0 Å². The van der Waals surface area contributed by atoms with Crippen molar-refractivity contribution < 1.29 is 0 Å². The van der Waals surface area contributed by atoms with Gasteiger partial charge in [-0.3, -0.25) is 0 Å². The molecule has 0 fully saturated rings. The smallest absolute Gasteiger partial charge is 0.0157 e. The van der Waals surface area contributed by atoms with E-state index in [1.807, 2.05) is 0 Å². The van der Waals surface area contributed by atoms with E-state index in [0.29, 0.717) is 5.92 Å². The molecule has 1 aromatic rings. The summed E-state index contributed by atoms with van der Waals surface area (Å²) >= 11 is 0. The number of rotatable bonds is 6.